The molecular formula is C13H25NO. The van der Waals surface area contributed by atoms with Gasteiger partial charge in [-0.05, 0) is 43.6 Å². The van der Waals surface area contributed by atoms with Crippen LogP contribution in [0.5, 0.6) is 0 Å². The third-order valence-electron chi connectivity index (χ3n) is 3.20. The summed E-state index contributed by atoms with van der Waals surface area (Å²) in [4.78, 5) is 0. The number of aliphatic hydroxyl groups is 1. The van der Waals surface area contributed by atoms with Crippen LogP contribution in [-0.4, -0.2) is 24.8 Å². The molecule has 0 saturated carbocycles. The maximum absolute atomic E-state index is 8.91. The second-order valence-electron chi connectivity index (χ2n) is 5.42. The van der Waals surface area contributed by atoms with Crippen LogP contribution < -0.4 is 5.32 Å². The highest BCUT2D eigenvalue weighted by Gasteiger charge is 2.17. The van der Waals surface area contributed by atoms with Crippen LogP contribution in [0.3, 0.4) is 0 Å². The molecule has 0 aromatic carbocycles. The first kappa shape index (κ1) is 12.7. The molecular weight excluding hydrogens is 186 g/mol. The molecule has 2 heteroatoms. The van der Waals surface area contributed by atoms with E-state index in [0.717, 1.165) is 25.4 Å². The zero-order valence-electron chi connectivity index (χ0n) is 10.1. The second kappa shape index (κ2) is 6.29. The van der Waals surface area contributed by atoms with Crippen LogP contribution in [0.25, 0.3) is 0 Å². The van der Waals surface area contributed by atoms with Crippen molar-refractivity contribution in [3.8, 4) is 0 Å². The summed E-state index contributed by atoms with van der Waals surface area (Å²) >= 11 is 0. The Hall–Kier alpha value is -0.340. The van der Waals surface area contributed by atoms with Crippen LogP contribution in [-0.2, 0) is 0 Å². The van der Waals surface area contributed by atoms with Gasteiger partial charge in [0.1, 0.15) is 0 Å². The molecule has 0 aliphatic heterocycles. The van der Waals surface area contributed by atoms with Gasteiger partial charge in [0.25, 0.3) is 0 Å². The van der Waals surface area contributed by atoms with Crippen molar-refractivity contribution in [2.45, 2.75) is 39.5 Å². The molecule has 0 heterocycles. The van der Waals surface area contributed by atoms with Gasteiger partial charge in [0.15, 0.2) is 0 Å². The third kappa shape index (κ3) is 5.33. The summed E-state index contributed by atoms with van der Waals surface area (Å²) in [5.41, 5.74) is 0.221. The fourth-order valence-corrected chi connectivity index (χ4v) is 2.05. The van der Waals surface area contributed by atoms with E-state index >= 15 is 0 Å². The Morgan fingerprint density at radius 2 is 2.20 bits per heavy atom. The molecule has 0 aromatic heterocycles. The van der Waals surface area contributed by atoms with E-state index in [-0.39, 0.29) is 5.41 Å². The van der Waals surface area contributed by atoms with Crippen LogP contribution in [0.2, 0.25) is 0 Å². The molecule has 0 aromatic rings. The van der Waals surface area contributed by atoms with Gasteiger partial charge in [0.2, 0.25) is 0 Å². The molecule has 2 N–H and O–H groups in total. The van der Waals surface area contributed by atoms with E-state index in [0.29, 0.717) is 6.61 Å². The van der Waals surface area contributed by atoms with Gasteiger partial charge < -0.3 is 10.4 Å². The molecule has 1 rings (SSSR count). The van der Waals surface area contributed by atoms with E-state index < -0.39 is 0 Å². The standard InChI is InChI=1S/C13H25NO/c1-13(2,8-9-15)11-14-10-12-6-4-3-5-7-12/h3-4,12,14-15H,5-11H2,1-2H3/t12-/m0/s1. The number of allylic oxidation sites excluding steroid dienone is 2. The molecule has 0 unspecified atom stereocenters. The highest BCUT2D eigenvalue weighted by Crippen LogP contribution is 2.20. The fraction of sp³-hybridized carbons (Fsp3) is 0.846. The van der Waals surface area contributed by atoms with Crippen LogP contribution in [0, 0.1) is 11.3 Å². The van der Waals surface area contributed by atoms with E-state index in [2.05, 4.69) is 31.3 Å². The van der Waals surface area contributed by atoms with Gasteiger partial charge in [0, 0.05) is 13.2 Å². The fourth-order valence-electron chi connectivity index (χ4n) is 2.05. The van der Waals surface area contributed by atoms with E-state index in [1.54, 1.807) is 0 Å². The normalized spacial score (nSPS) is 21.9. The Labute approximate surface area is 93.8 Å². The molecule has 0 spiro atoms. The lowest BCUT2D eigenvalue weighted by Gasteiger charge is -2.26. The molecule has 0 bridgehead atoms. The number of aliphatic hydroxyl groups excluding tert-OH is 1. The van der Waals surface area contributed by atoms with Crippen molar-refractivity contribution < 1.29 is 5.11 Å². The lowest BCUT2D eigenvalue weighted by molar-refractivity contribution is 0.205. The summed E-state index contributed by atoms with van der Waals surface area (Å²) in [5, 5.41) is 12.4. The molecule has 88 valence electrons. The molecule has 0 fully saturated rings. The number of nitrogens with one attached hydrogen (secondary N) is 1. The zero-order valence-corrected chi connectivity index (χ0v) is 10.1. The first-order chi connectivity index (χ1) is 7.14. The third-order valence-corrected chi connectivity index (χ3v) is 3.20. The van der Waals surface area contributed by atoms with Crippen LogP contribution >= 0.6 is 0 Å². The Morgan fingerprint density at radius 1 is 1.40 bits per heavy atom. The molecule has 1 aliphatic rings. The minimum atomic E-state index is 0.221. The average Bonchev–Trinajstić information content (AvgIpc) is 2.19. The van der Waals surface area contributed by atoms with Crippen LogP contribution in [0.4, 0.5) is 0 Å². The maximum atomic E-state index is 8.91. The molecule has 1 atom stereocenters. The number of hydrogen-bond donors (Lipinski definition) is 2. The highest BCUT2D eigenvalue weighted by molar-refractivity contribution is 4.90. The van der Waals surface area contributed by atoms with Crippen LogP contribution in [0.15, 0.2) is 12.2 Å². The summed E-state index contributed by atoms with van der Waals surface area (Å²) in [6, 6.07) is 0. The van der Waals surface area contributed by atoms with Gasteiger partial charge in [-0.1, -0.05) is 26.0 Å². The van der Waals surface area contributed by atoms with E-state index in [1.807, 2.05) is 0 Å². The topological polar surface area (TPSA) is 32.3 Å². The lowest BCUT2D eigenvalue weighted by atomic mass is 9.89. The first-order valence-electron chi connectivity index (χ1n) is 6.11. The minimum absolute atomic E-state index is 0.221. The average molecular weight is 211 g/mol. The zero-order chi connectivity index (χ0) is 11.1. The molecule has 2 nitrogen and oxygen atoms in total. The van der Waals surface area contributed by atoms with Crippen molar-refractivity contribution in [2.75, 3.05) is 19.7 Å². The maximum Gasteiger partial charge on any atom is 0.0436 e. The Kier molecular flexibility index (Phi) is 5.34. The Morgan fingerprint density at radius 3 is 2.80 bits per heavy atom. The van der Waals surface area contributed by atoms with Crippen molar-refractivity contribution in [1.82, 2.24) is 5.32 Å². The summed E-state index contributed by atoms with van der Waals surface area (Å²) in [6.45, 7) is 6.84. The summed E-state index contributed by atoms with van der Waals surface area (Å²) in [6.07, 6.45) is 9.26. The van der Waals surface area contributed by atoms with E-state index in [1.165, 1.54) is 19.3 Å². The smallest absolute Gasteiger partial charge is 0.0436 e. The molecule has 1 aliphatic carbocycles. The van der Waals surface area contributed by atoms with Crippen molar-refractivity contribution in [2.24, 2.45) is 11.3 Å². The predicted octanol–water partition coefficient (Wildman–Crippen LogP) is 2.34. The summed E-state index contributed by atoms with van der Waals surface area (Å²) < 4.78 is 0. The number of rotatable bonds is 6. The molecule has 0 amide bonds. The van der Waals surface area contributed by atoms with E-state index in [9.17, 15) is 0 Å². The monoisotopic (exact) mass is 211 g/mol. The van der Waals surface area contributed by atoms with Gasteiger partial charge >= 0.3 is 0 Å². The predicted molar refractivity (Wildman–Crippen MR) is 64.8 cm³/mol. The SMILES string of the molecule is CC(C)(CCO)CNC[C@H]1CC=CCC1. The lowest BCUT2D eigenvalue weighted by Crippen LogP contribution is -2.33. The van der Waals surface area contributed by atoms with Gasteiger partial charge in [-0.3, -0.25) is 0 Å². The molecule has 0 radical (unpaired) electrons. The Balaban J connectivity index is 2.12. The van der Waals surface area contributed by atoms with E-state index in [4.69, 9.17) is 5.11 Å². The first-order valence-corrected chi connectivity index (χ1v) is 6.11. The van der Waals surface area contributed by atoms with Gasteiger partial charge in [0.05, 0.1) is 0 Å². The van der Waals surface area contributed by atoms with Crippen molar-refractivity contribution in [3.63, 3.8) is 0 Å². The molecule has 15 heavy (non-hydrogen) atoms. The number of hydrogen-bond acceptors (Lipinski definition) is 2. The van der Waals surface area contributed by atoms with Crippen molar-refractivity contribution >= 4 is 0 Å². The quantitative estimate of drug-likeness (QED) is 0.661. The largest absolute Gasteiger partial charge is 0.396 e. The Bertz CT molecular complexity index is 199. The minimum Gasteiger partial charge on any atom is -0.396 e. The van der Waals surface area contributed by atoms with Gasteiger partial charge in [-0.15, -0.1) is 0 Å². The van der Waals surface area contributed by atoms with Crippen molar-refractivity contribution in [3.05, 3.63) is 12.2 Å². The van der Waals surface area contributed by atoms with Gasteiger partial charge in [-0.25, -0.2) is 0 Å². The molecule has 0 saturated heterocycles. The second-order valence-corrected chi connectivity index (χ2v) is 5.42. The summed E-state index contributed by atoms with van der Waals surface area (Å²) in [7, 11) is 0. The van der Waals surface area contributed by atoms with Crippen molar-refractivity contribution in [1.29, 1.82) is 0 Å². The van der Waals surface area contributed by atoms with Gasteiger partial charge in [-0.2, -0.15) is 0 Å². The van der Waals surface area contributed by atoms with Crippen LogP contribution in [0.1, 0.15) is 39.5 Å². The summed E-state index contributed by atoms with van der Waals surface area (Å²) in [5.74, 6) is 0.819. The highest BCUT2D eigenvalue weighted by atomic mass is 16.3.